The molecule has 0 fully saturated rings. The molecule has 0 bridgehead atoms. The van der Waals surface area contributed by atoms with Crippen LogP contribution in [-0.2, 0) is 0 Å². The molecule has 0 radical (unpaired) electrons. The summed E-state index contributed by atoms with van der Waals surface area (Å²) in [5, 5.41) is 0. The van der Waals surface area contributed by atoms with E-state index in [1.165, 1.54) is 9.26 Å². The zero-order valence-electron chi connectivity index (χ0n) is 7.83. The topological polar surface area (TPSA) is 3.24 Å². The van der Waals surface area contributed by atoms with Crippen LogP contribution in [0, 0.1) is 3.57 Å². The fourth-order valence-electron chi connectivity index (χ4n) is 1.17. The lowest BCUT2D eigenvalue weighted by Gasteiger charge is -2.19. The van der Waals surface area contributed by atoms with Crippen LogP contribution >= 0.6 is 22.6 Å². The van der Waals surface area contributed by atoms with Crippen molar-refractivity contribution in [3.8, 4) is 0 Å². The summed E-state index contributed by atoms with van der Waals surface area (Å²) in [7, 11) is 2.11. The average molecular weight is 287 g/mol. The molecule has 70 valence electrons. The Balaban J connectivity index is 2.70. The van der Waals surface area contributed by atoms with E-state index < -0.39 is 0 Å². The quantitative estimate of drug-likeness (QED) is 0.606. The lowest BCUT2D eigenvalue weighted by atomic mass is 10.3. The van der Waals surface area contributed by atoms with Crippen LogP contribution in [0.5, 0.6) is 0 Å². The second kappa shape index (κ2) is 5.27. The maximum Gasteiger partial charge on any atom is 0.0499 e. The molecule has 1 aromatic rings. The van der Waals surface area contributed by atoms with Gasteiger partial charge in [0.25, 0.3) is 0 Å². The molecule has 0 spiro atoms. The van der Waals surface area contributed by atoms with Crippen LogP contribution in [0.2, 0.25) is 0 Å². The first-order chi connectivity index (χ1) is 6.25. The number of anilines is 1. The Kier molecular flexibility index (Phi) is 4.28. The summed E-state index contributed by atoms with van der Waals surface area (Å²) < 4.78 is 1.30. The van der Waals surface area contributed by atoms with E-state index in [0.717, 1.165) is 13.0 Å². The summed E-state index contributed by atoms with van der Waals surface area (Å²) in [5.74, 6) is 0. The number of halogens is 1. The van der Waals surface area contributed by atoms with Gasteiger partial charge >= 0.3 is 0 Å². The smallest absolute Gasteiger partial charge is 0.0499 e. The molecule has 0 aromatic heterocycles. The van der Waals surface area contributed by atoms with Gasteiger partial charge in [-0.25, -0.2) is 0 Å². The van der Waals surface area contributed by atoms with Gasteiger partial charge in [-0.15, -0.1) is 6.58 Å². The van der Waals surface area contributed by atoms with Gasteiger partial charge in [0.05, 0.1) is 0 Å². The minimum atomic E-state index is 1.03. The number of hydrogen-bond acceptors (Lipinski definition) is 1. The highest BCUT2D eigenvalue weighted by atomic mass is 127. The maximum atomic E-state index is 3.72. The van der Waals surface area contributed by atoms with Crippen LogP contribution in [0.3, 0.4) is 0 Å². The molecule has 0 saturated heterocycles. The van der Waals surface area contributed by atoms with E-state index in [2.05, 4.69) is 65.4 Å². The van der Waals surface area contributed by atoms with Gasteiger partial charge in [-0.3, -0.25) is 0 Å². The van der Waals surface area contributed by atoms with Crippen molar-refractivity contribution >= 4 is 28.3 Å². The van der Waals surface area contributed by atoms with E-state index in [4.69, 9.17) is 0 Å². The first-order valence-electron chi connectivity index (χ1n) is 4.32. The van der Waals surface area contributed by atoms with E-state index in [0.29, 0.717) is 0 Å². The molecule has 0 saturated carbocycles. The van der Waals surface area contributed by atoms with Gasteiger partial charge in [0.2, 0.25) is 0 Å². The lowest BCUT2D eigenvalue weighted by molar-refractivity contribution is 0.897. The first-order valence-corrected chi connectivity index (χ1v) is 5.40. The minimum absolute atomic E-state index is 1.03. The fourth-order valence-corrected chi connectivity index (χ4v) is 1.97. The molecular weight excluding hydrogens is 273 g/mol. The van der Waals surface area contributed by atoms with Crippen LogP contribution < -0.4 is 4.90 Å². The van der Waals surface area contributed by atoms with Crippen LogP contribution in [-0.4, -0.2) is 13.6 Å². The van der Waals surface area contributed by atoms with Crippen LogP contribution in [0.25, 0.3) is 0 Å². The van der Waals surface area contributed by atoms with Gasteiger partial charge in [0, 0.05) is 22.8 Å². The number of para-hydroxylation sites is 1. The largest absolute Gasteiger partial charge is 0.373 e. The molecular formula is C11H14IN. The van der Waals surface area contributed by atoms with Crippen LogP contribution in [0.15, 0.2) is 36.9 Å². The third kappa shape index (κ3) is 3.03. The van der Waals surface area contributed by atoms with Crippen molar-refractivity contribution in [2.75, 3.05) is 18.5 Å². The average Bonchev–Trinajstić information content (AvgIpc) is 2.15. The van der Waals surface area contributed by atoms with Crippen molar-refractivity contribution in [2.45, 2.75) is 6.42 Å². The molecule has 0 aliphatic heterocycles. The van der Waals surface area contributed by atoms with E-state index in [1.807, 2.05) is 6.08 Å². The molecule has 0 aliphatic carbocycles. The summed E-state index contributed by atoms with van der Waals surface area (Å²) in [5.41, 5.74) is 1.30. The Morgan fingerprint density at radius 3 is 2.77 bits per heavy atom. The molecule has 1 rings (SSSR count). The zero-order chi connectivity index (χ0) is 9.68. The van der Waals surface area contributed by atoms with Crippen molar-refractivity contribution in [3.05, 3.63) is 40.5 Å². The van der Waals surface area contributed by atoms with Crippen molar-refractivity contribution in [1.82, 2.24) is 0 Å². The Morgan fingerprint density at radius 1 is 1.46 bits per heavy atom. The van der Waals surface area contributed by atoms with Gasteiger partial charge in [0.1, 0.15) is 0 Å². The van der Waals surface area contributed by atoms with Gasteiger partial charge < -0.3 is 4.90 Å². The molecule has 1 nitrogen and oxygen atoms in total. The molecule has 0 amide bonds. The highest BCUT2D eigenvalue weighted by molar-refractivity contribution is 14.1. The van der Waals surface area contributed by atoms with E-state index >= 15 is 0 Å². The summed E-state index contributed by atoms with van der Waals surface area (Å²) in [6.07, 6.45) is 2.98. The molecule has 0 aliphatic rings. The molecule has 0 heterocycles. The van der Waals surface area contributed by atoms with E-state index in [1.54, 1.807) is 0 Å². The SMILES string of the molecule is C=CCCN(C)c1ccccc1I. The van der Waals surface area contributed by atoms with Gasteiger partial charge in [-0.1, -0.05) is 18.2 Å². The predicted octanol–water partition coefficient (Wildman–Crippen LogP) is 3.30. The minimum Gasteiger partial charge on any atom is -0.373 e. The summed E-state index contributed by atoms with van der Waals surface area (Å²) in [6, 6.07) is 8.40. The van der Waals surface area contributed by atoms with Gasteiger partial charge in [-0.2, -0.15) is 0 Å². The summed E-state index contributed by atoms with van der Waals surface area (Å²) in [6.45, 7) is 4.75. The van der Waals surface area contributed by atoms with Crippen molar-refractivity contribution in [2.24, 2.45) is 0 Å². The third-order valence-electron chi connectivity index (χ3n) is 1.93. The van der Waals surface area contributed by atoms with Crippen molar-refractivity contribution < 1.29 is 0 Å². The number of nitrogens with zero attached hydrogens (tertiary/aromatic N) is 1. The number of benzene rings is 1. The molecule has 1 aromatic carbocycles. The second-order valence-corrected chi connectivity index (χ2v) is 4.11. The maximum absolute atomic E-state index is 3.72. The lowest BCUT2D eigenvalue weighted by Crippen LogP contribution is -2.18. The number of rotatable bonds is 4. The normalized spacial score (nSPS) is 9.69. The molecule has 0 N–H and O–H groups in total. The highest BCUT2D eigenvalue weighted by Gasteiger charge is 2.02. The van der Waals surface area contributed by atoms with Gasteiger partial charge in [0.15, 0.2) is 0 Å². The number of hydrogen-bond donors (Lipinski definition) is 0. The Hall–Kier alpha value is -0.510. The Labute approximate surface area is 93.6 Å². The summed E-state index contributed by atoms with van der Waals surface area (Å²) in [4.78, 5) is 2.25. The Bertz CT molecular complexity index is 283. The monoisotopic (exact) mass is 287 g/mol. The highest BCUT2D eigenvalue weighted by Crippen LogP contribution is 2.20. The van der Waals surface area contributed by atoms with Crippen molar-refractivity contribution in [1.29, 1.82) is 0 Å². The Morgan fingerprint density at radius 2 is 2.15 bits per heavy atom. The van der Waals surface area contributed by atoms with Crippen molar-refractivity contribution in [3.63, 3.8) is 0 Å². The van der Waals surface area contributed by atoms with Crippen LogP contribution in [0.4, 0.5) is 5.69 Å². The first kappa shape index (κ1) is 10.6. The molecule has 13 heavy (non-hydrogen) atoms. The molecule has 0 atom stereocenters. The molecule has 2 heteroatoms. The zero-order valence-corrected chi connectivity index (χ0v) is 9.99. The van der Waals surface area contributed by atoms with Crippen LogP contribution in [0.1, 0.15) is 6.42 Å². The molecule has 0 unspecified atom stereocenters. The second-order valence-electron chi connectivity index (χ2n) is 2.95. The van der Waals surface area contributed by atoms with Gasteiger partial charge in [-0.05, 0) is 41.1 Å². The standard InChI is InChI=1S/C11H14IN/c1-3-4-9-13(2)11-8-6-5-7-10(11)12/h3,5-8H,1,4,9H2,2H3. The predicted molar refractivity (Wildman–Crippen MR) is 67.2 cm³/mol. The fraction of sp³-hybridized carbons (Fsp3) is 0.273. The van der Waals surface area contributed by atoms with E-state index in [-0.39, 0.29) is 0 Å². The third-order valence-corrected chi connectivity index (χ3v) is 2.84. The summed E-state index contributed by atoms with van der Waals surface area (Å²) >= 11 is 2.36. The van der Waals surface area contributed by atoms with E-state index in [9.17, 15) is 0 Å².